The molecule has 1 unspecified atom stereocenters. The van der Waals surface area contributed by atoms with Crippen molar-refractivity contribution in [2.75, 3.05) is 11.4 Å². The first kappa shape index (κ1) is 24.4. The van der Waals surface area contributed by atoms with E-state index >= 15 is 0 Å². The third kappa shape index (κ3) is 4.74. The molecular formula is C29H33ClN4O2. The maximum absolute atomic E-state index is 14.1. The van der Waals surface area contributed by atoms with Gasteiger partial charge in [0.1, 0.15) is 12.6 Å². The topological polar surface area (TPSA) is 57.6 Å². The molecule has 3 aromatic rings. The van der Waals surface area contributed by atoms with Crippen molar-refractivity contribution in [3.8, 4) is 5.69 Å². The summed E-state index contributed by atoms with van der Waals surface area (Å²) in [5, 5.41) is 3.80. The van der Waals surface area contributed by atoms with Crippen LogP contribution in [0.4, 0.5) is 10.5 Å². The molecule has 0 saturated heterocycles. The summed E-state index contributed by atoms with van der Waals surface area (Å²) in [6, 6.07) is 19.1. The molecule has 1 atom stereocenters. The van der Waals surface area contributed by atoms with E-state index in [0.29, 0.717) is 5.02 Å². The van der Waals surface area contributed by atoms with E-state index in [1.54, 1.807) is 4.90 Å². The fourth-order valence-electron chi connectivity index (χ4n) is 5.47. The Morgan fingerprint density at radius 2 is 1.75 bits per heavy atom. The number of rotatable bonds is 5. The summed E-state index contributed by atoms with van der Waals surface area (Å²) in [6.45, 7) is 3.90. The number of halogens is 1. The van der Waals surface area contributed by atoms with Crippen LogP contribution < -0.4 is 10.2 Å². The minimum Gasteiger partial charge on any atom is -0.335 e. The van der Waals surface area contributed by atoms with Crippen LogP contribution in [0.3, 0.4) is 0 Å². The Hall–Kier alpha value is -3.25. The Morgan fingerprint density at radius 1 is 1.00 bits per heavy atom. The van der Waals surface area contributed by atoms with E-state index in [4.69, 9.17) is 11.6 Å². The molecule has 188 valence electrons. The maximum atomic E-state index is 14.1. The Labute approximate surface area is 217 Å². The number of nitrogens with zero attached hydrogens (tertiary/aromatic N) is 3. The van der Waals surface area contributed by atoms with Crippen LogP contribution in [0.5, 0.6) is 0 Å². The lowest BCUT2D eigenvalue weighted by molar-refractivity contribution is -0.120. The number of benzene rings is 2. The van der Waals surface area contributed by atoms with Gasteiger partial charge in [0.15, 0.2) is 0 Å². The zero-order chi connectivity index (χ0) is 25.2. The molecule has 36 heavy (non-hydrogen) atoms. The van der Waals surface area contributed by atoms with E-state index in [1.165, 1.54) is 6.42 Å². The first-order valence-corrected chi connectivity index (χ1v) is 13.2. The van der Waals surface area contributed by atoms with Crippen molar-refractivity contribution in [1.82, 2.24) is 14.8 Å². The Balaban J connectivity index is 1.50. The van der Waals surface area contributed by atoms with Gasteiger partial charge < -0.3 is 14.8 Å². The second-order valence-corrected chi connectivity index (χ2v) is 10.5. The lowest BCUT2D eigenvalue weighted by Gasteiger charge is -2.40. The minimum absolute atomic E-state index is 0.0116. The van der Waals surface area contributed by atoms with Crippen LogP contribution in [0.25, 0.3) is 5.69 Å². The molecular weight excluding hydrogens is 472 g/mol. The quantitative estimate of drug-likeness (QED) is 0.442. The van der Waals surface area contributed by atoms with Crippen molar-refractivity contribution in [2.45, 2.75) is 64.1 Å². The number of amides is 3. The molecule has 0 bridgehead atoms. The van der Waals surface area contributed by atoms with E-state index in [1.807, 2.05) is 85.6 Å². The third-order valence-electron chi connectivity index (χ3n) is 7.28. The highest BCUT2D eigenvalue weighted by Crippen LogP contribution is 2.42. The molecule has 1 aliphatic carbocycles. The SMILES string of the molecule is CC(C)N(CC(=O)N1c2ccccc2-n2cccc2C1c1cccc(Cl)c1)C(=O)NC1CCCCC1. The standard InChI is InChI=1S/C29H33ClN4O2/c1-20(2)33(29(36)31-23-12-4-3-5-13-23)19-27(35)34-25-15-7-6-14-24(25)32-17-9-16-26(32)28(34)21-10-8-11-22(30)18-21/h6-11,14-18,20,23,28H,3-5,12-13,19H2,1-2H3,(H,31,36). The van der Waals surface area contributed by atoms with Gasteiger partial charge in [-0.25, -0.2) is 4.79 Å². The third-order valence-corrected chi connectivity index (χ3v) is 7.51. The fraction of sp³-hybridized carbons (Fsp3) is 0.379. The van der Waals surface area contributed by atoms with Gasteiger partial charge in [-0.05, 0) is 68.7 Å². The number of hydrogen-bond donors (Lipinski definition) is 1. The van der Waals surface area contributed by atoms with E-state index in [9.17, 15) is 9.59 Å². The molecule has 0 radical (unpaired) electrons. The maximum Gasteiger partial charge on any atom is 0.318 e. The largest absolute Gasteiger partial charge is 0.335 e. The summed E-state index contributed by atoms with van der Waals surface area (Å²) in [7, 11) is 0. The number of hydrogen-bond acceptors (Lipinski definition) is 2. The molecule has 2 aliphatic rings. The highest BCUT2D eigenvalue weighted by molar-refractivity contribution is 6.30. The predicted octanol–water partition coefficient (Wildman–Crippen LogP) is 6.32. The lowest BCUT2D eigenvalue weighted by atomic mass is 9.96. The van der Waals surface area contributed by atoms with Crippen molar-refractivity contribution >= 4 is 29.2 Å². The number of carbonyl (C=O) groups excluding carboxylic acids is 2. The molecule has 2 heterocycles. The lowest BCUT2D eigenvalue weighted by Crippen LogP contribution is -2.53. The molecule has 1 aromatic heterocycles. The van der Waals surface area contributed by atoms with Gasteiger partial charge in [-0.15, -0.1) is 0 Å². The molecule has 3 amide bonds. The average molecular weight is 505 g/mol. The molecule has 0 spiro atoms. The van der Waals surface area contributed by atoms with Crippen LogP contribution >= 0.6 is 11.6 Å². The molecule has 1 saturated carbocycles. The predicted molar refractivity (Wildman–Crippen MR) is 144 cm³/mol. The molecule has 7 heteroatoms. The van der Waals surface area contributed by atoms with Gasteiger partial charge >= 0.3 is 6.03 Å². The minimum atomic E-state index is -0.364. The van der Waals surface area contributed by atoms with Crippen LogP contribution in [0.15, 0.2) is 66.9 Å². The summed E-state index contributed by atoms with van der Waals surface area (Å²) in [5.74, 6) is -0.132. The van der Waals surface area contributed by atoms with Crippen molar-refractivity contribution in [1.29, 1.82) is 0 Å². The second-order valence-electron chi connectivity index (χ2n) is 10.0. The number of para-hydroxylation sites is 2. The first-order chi connectivity index (χ1) is 17.4. The first-order valence-electron chi connectivity index (χ1n) is 12.9. The molecule has 1 aliphatic heterocycles. The number of anilines is 1. The second kappa shape index (κ2) is 10.4. The van der Waals surface area contributed by atoms with Crippen LogP contribution in [-0.4, -0.2) is 40.0 Å². The molecule has 1 fully saturated rings. The normalized spacial score (nSPS) is 17.4. The Kier molecular flexibility index (Phi) is 7.06. The van der Waals surface area contributed by atoms with Crippen molar-refractivity contribution in [2.24, 2.45) is 0 Å². The number of urea groups is 1. The number of carbonyl (C=O) groups is 2. The van der Waals surface area contributed by atoms with E-state index < -0.39 is 0 Å². The summed E-state index contributed by atoms with van der Waals surface area (Å²) < 4.78 is 2.13. The summed E-state index contributed by atoms with van der Waals surface area (Å²) >= 11 is 6.38. The molecule has 5 rings (SSSR count). The molecule has 2 aromatic carbocycles. The zero-order valence-electron chi connectivity index (χ0n) is 20.9. The summed E-state index contributed by atoms with van der Waals surface area (Å²) in [5.41, 5.74) is 3.65. The number of fused-ring (bicyclic) bond motifs is 3. The molecule has 6 nitrogen and oxygen atoms in total. The monoisotopic (exact) mass is 504 g/mol. The highest BCUT2D eigenvalue weighted by atomic mass is 35.5. The van der Waals surface area contributed by atoms with E-state index in [2.05, 4.69) is 9.88 Å². The number of aromatic nitrogens is 1. The summed E-state index contributed by atoms with van der Waals surface area (Å²) in [6.07, 6.45) is 7.51. The Bertz CT molecular complexity index is 1250. The molecule has 1 N–H and O–H groups in total. The van der Waals surface area contributed by atoms with Gasteiger partial charge in [-0.3, -0.25) is 9.69 Å². The van der Waals surface area contributed by atoms with Crippen LogP contribution in [0, 0.1) is 0 Å². The van der Waals surface area contributed by atoms with E-state index in [-0.39, 0.29) is 36.6 Å². The summed E-state index contributed by atoms with van der Waals surface area (Å²) in [4.78, 5) is 30.9. The smallest absolute Gasteiger partial charge is 0.318 e. The highest BCUT2D eigenvalue weighted by Gasteiger charge is 2.37. The van der Waals surface area contributed by atoms with Gasteiger partial charge in [-0.2, -0.15) is 0 Å². The fourth-order valence-corrected chi connectivity index (χ4v) is 5.67. The van der Waals surface area contributed by atoms with Crippen LogP contribution in [0.2, 0.25) is 5.02 Å². The average Bonchev–Trinajstić information content (AvgIpc) is 3.36. The van der Waals surface area contributed by atoms with Gasteiger partial charge in [-0.1, -0.05) is 55.1 Å². The van der Waals surface area contributed by atoms with Crippen LogP contribution in [-0.2, 0) is 4.79 Å². The van der Waals surface area contributed by atoms with Gasteiger partial charge in [0.25, 0.3) is 0 Å². The van der Waals surface area contributed by atoms with Gasteiger partial charge in [0.2, 0.25) is 5.91 Å². The van der Waals surface area contributed by atoms with Gasteiger partial charge in [0, 0.05) is 23.3 Å². The Morgan fingerprint density at radius 3 is 2.47 bits per heavy atom. The van der Waals surface area contributed by atoms with Crippen molar-refractivity contribution in [3.05, 3.63) is 83.1 Å². The number of nitrogens with one attached hydrogen (secondary N) is 1. The van der Waals surface area contributed by atoms with Gasteiger partial charge in [0.05, 0.1) is 17.1 Å². The van der Waals surface area contributed by atoms with Crippen LogP contribution in [0.1, 0.15) is 63.3 Å². The van der Waals surface area contributed by atoms with Crippen molar-refractivity contribution in [3.63, 3.8) is 0 Å². The zero-order valence-corrected chi connectivity index (χ0v) is 21.6. The van der Waals surface area contributed by atoms with E-state index in [0.717, 1.165) is 48.3 Å². The van der Waals surface area contributed by atoms with Crippen molar-refractivity contribution < 1.29 is 9.59 Å².